The summed E-state index contributed by atoms with van der Waals surface area (Å²) in [4.78, 5) is 32.6. The van der Waals surface area contributed by atoms with Crippen molar-refractivity contribution in [3.63, 3.8) is 0 Å². The first-order valence-electron chi connectivity index (χ1n) is 7.11. The van der Waals surface area contributed by atoms with E-state index >= 15 is 0 Å². The highest BCUT2D eigenvalue weighted by molar-refractivity contribution is 7.53. The summed E-state index contributed by atoms with van der Waals surface area (Å²) in [5, 5.41) is 0. The van der Waals surface area contributed by atoms with Gasteiger partial charge in [0.15, 0.2) is 11.6 Å². The first-order valence-corrected chi connectivity index (χ1v) is 8.79. The number of piperidine rings is 1. The predicted octanol–water partition coefficient (Wildman–Crippen LogP) is 2.34. The molecule has 3 rings (SSSR count). The Morgan fingerprint density at radius 2 is 1.77 bits per heavy atom. The second kappa shape index (κ2) is 5.41. The summed E-state index contributed by atoms with van der Waals surface area (Å²) in [6, 6.07) is 2.93. The van der Waals surface area contributed by atoms with E-state index in [9.17, 15) is 27.9 Å². The first-order chi connectivity index (χ1) is 10.3. The third-order valence-corrected chi connectivity index (χ3v) is 5.84. The molecule has 5 nitrogen and oxygen atoms in total. The molecule has 2 aliphatic rings. The van der Waals surface area contributed by atoms with Gasteiger partial charge in [0, 0.05) is 6.04 Å². The van der Waals surface area contributed by atoms with E-state index in [0.717, 1.165) is 12.1 Å². The molecule has 1 amide bonds. The fraction of sp³-hybridized carbons (Fsp3) is 0.500. The van der Waals surface area contributed by atoms with E-state index in [1.807, 2.05) is 0 Å². The third kappa shape index (κ3) is 2.57. The maximum atomic E-state index is 13.4. The van der Waals surface area contributed by atoms with Crippen LogP contribution in [0.25, 0.3) is 0 Å². The zero-order valence-corrected chi connectivity index (χ0v) is 12.5. The summed E-state index contributed by atoms with van der Waals surface area (Å²) in [6.07, 6.45) is 1.95. The van der Waals surface area contributed by atoms with Crippen LogP contribution in [0, 0.1) is 11.6 Å². The van der Waals surface area contributed by atoms with Gasteiger partial charge in [0.25, 0.3) is 0 Å². The molecule has 2 heterocycles. The van der Waals surface area contributed by atoms with Gasteiger partial charge in [-0.1, -0.05) is 6.07 Å². The second-order valence-corrected chi connectivity index (χ2v) is 7.65. The topological polar surface area (TPSA) is 77.8 Å². The zero-order chi connectivity index (χ0) is 16.1. The summed E-state index contributed by atoms with van der Waals surface area (Å²) >= 11 is 0. The van der Waals surface area contributed by atoms with Crippen LogP contribution in [0.4, 0.5) is 8.78 Å². The van der Waals surface area contributed by atoms with E-state index in [4.69, 9.17) is 0 Å². The Kier molecular flexibility index (Phi) is 3.83. The van der Waals surface area contributed by atoms with E-state index in [0.29, 0.717) is 24.8 Å². The van der Waals surface area contributed by atoms with Crippen molar-refractivity contribution in [2.75, 3.05) is 0 Å². The van der Waals surface area contributed by atoms with Crippen LogP contribution in [0.15, 0.2) is 18.2 Å². The molecule has 1 aromatic carbocycles. The number of hydrogen-bond donors (Lipinski definition) is 2. The van der Waals surface area contributed by atoms with Gasteiger partial charge in [-0.05, 0) is 43.4 Å². The molecule has 1 unspecified atom stereocenters. The molecule has 0 saturated carbocycles. The van der Waals surface area contributed by atoms with E-state index in [1.54, 1.807) is 0 Å². The molecule has 22 heavy (non-hydrogen) atoms. The van der Waals surface area contributed by atoms with Crippen LogP contribution in [0.1, 0.15) is 37.3 Å². The first kappa shape index (κ1) is 15.6. The summed E-state index contributed by atoms with van der Waals surface area (Å²) in [5.74, 6) is -2.54. The standard InChI is InChI=1S/C14H16F2NO4P/c15-10-4-1-8(7-11(10)16)12-5-2-9-3-6-13(22(19,20)21)14(18)17(9)12/h1,4,7,9,12-13H,2-3,5-6H2,(H2,19,20,21)/t9-,12+,13?/m1/s1. The number of halogens is 2. The van der Waals surface area contributed by atoms with Crippen LogP contribution >= 0.6 is 7.60 Å². The summed E-state index contributed by atoms with van der Waals surface area (Å²) < 4.78 is 37.9. The van der Waals surface area contributed by atoms with Crippen molar-refractivity contribution in [2.45, 2.75) is 43.4 Å². The number of nitrogens with zero attached hydrogens (tertiary/aromatic N) is 1. The molecule has 2 aliphatic heterocycles. The monoisotopic (exact) mass is 331 g/mol. The second-order valence-electron chi connectivity index (χ2n) is 5.85. The fourth-order valence-electron chi connectivity index (χ4n) is 3.50. The van der Waals surface area contributed by atoms with Crippen molar-refractivity contribution >= 4 is 13.5 Å². The predicted molar refractivity (Wildman–Crippen MR) is 74.0 cm³/mol. The molecular weight excluding hydrogens is 315 g/mol. The van der Waals surface area contributed by atoms with Crippen LogP contribution in [0.3, 0.4) is 0 Å². The molecule has 0 aliphatic carbocycles. The lowest BCUT2D eigenvalue weighted by Crippen LogP contribution is -2.47. The summed E-state index contributed by atoms with van der Waals surface area (Å²) in [6.45, 7) is 0. The van der Waals surface area contributed by atoms with Gasteiger partial charge < -0.3 is 14.7 Å². The van der Waals surface area contributed by atoms with Gasteiger partial charge in [-0.25, -0.2) is 8.78 Å². The van der Waals surface area contributed by atoms with Gasteiger partial charge in [-0.3, -0.25) is 9.36 Å². The highest BCUT2D eigenvalue weighted by Gasteiger charge is 2.49. The Hall–Kier alpha value is -1.30. The molecule has 2 fully saturated rings. The zero-order valence-electron chi connectivity index (χ0n) is 11.7. The number of benzene rings is 1. The number of carbonyl (C=O) groups is 1. The van der Waals surface area contributed by atoms with Crippen molar-refractivity contribution in [3.05, 3.63) is 35.4 Å². The normalized spacial score (nSPS) is 28.8. The average Bonchev–Trinajstić information content (AvgIpc) is 2.85. The number of hydrogen-bond acceptors (Lipinski definition) is 2. The van der Waals surface area contributed by atoms with Gasteiger partial charge in [-0.15, -0.1) is 0 Å². The van der Waals surface area contributed by atoms with Gasteiger partial charge in [0.1, 0.15) is 5.66 Å². The van der Waals surface area contributed by atoms with Crippen LogP contribution in [0.5, 0.6) is 0 Å². The Bertz CT molecular complexity index is 662. The minimum Gasteiger partial charge on any atom is -0.332 e. The van der Waals surface area contributed by atoms with Crippen molar-refractivity contribution in [3.8, 4) is 0 Å². The van der Waals surface area contributed by atoms with Crippen molar-refractivity contribution < 1.29 is 27.9 Å². The minimum absolute atomic E-state index is 0.0894. The van der Waals surface area contributed by atoms with Crippen LogP contribution < -0.4 is 0 Å². The lowest BCUT2D eigenvalue weighted by Gasteiger charge is -2.38. The van der Waals surface area contributed by atoms with Gasteiger partial charge in [-0.2, -0.15) is 0 Å². The third-order valence-electron chi connectivity index (χ3n) is 4.55. The average molecular weight is 331 g/mol. The molecule has 0 bridgehead atoms. The Morgan fingerprint density at radius 3 is 2.41 bits per heavy atom. The molecule has 120 valence electrons. The molecule has 0 radical (unpaired) electrons. The Labute approximate surface area is 126 Å². The fourth-order valence-corrected chi connectivity index (χ4v) is 4.41. The highest BCUT2D eigenvalue weighted by Crippen LogP contribution is 2.51. The van der Waals surface area contributed by atoms with Gasteiger partial charge in [0.05, 0.1) is 6.04 Å². The van der Waals surface area contributed by atoms with Crippen molar-refractivity contribution in [1.82, 2.24) is 4.90 Å². The Balaban J connectivity index is 1.93. The molecule has 1 aromatic rings. The molecular formula is C14H16F2NO4P. The number of amides is 1. The van der Waals surface area contributed by atoms with E-state index in [2.05, 4.69) is 0 Å². The minimum atomic E-state index is -4.51. The summed E-state index contributed by atoms with van der Waals surface area (Å²) in [7, 11) is -4.51. The van der Waals surface area contributed by atoms with E-state index in [-0.39, 0.29) is 12.5 Å². The maximum absolute atomic E-state index is 13.4. The van der Waals surface area contributed by atoms with Crippen LogP contribution in [-0.4, -0.2) is 32.3 Å². The largest absolute Gasteiger partial charge is 0.337 e. The molecule has 0 spiro atoms. The quantitative estimate of drug-likeness (QED) is 0.816. The number of fused-ring (bicyclic) bond motifs is 1. The van der Waals surface area contributed by atoms with Crippen LogP contribution in [0.2, 0.25) is 0 Å². The summed E-state index contributed by atoms with van der Waals surface area (Å²) in [5.41, 5.74) is -0.865. The molecule has 2 N–H and O–H groups in total. The highest BCUT2D eigenvalue weighted by atomic mass is 31.2. The van der Waals surface area contributed by atoms with Crippen LogP contribution in [-0.2, 0) is 9.36 Å². The molecule has 2 saturated heterocycles. The lowest BCUT2D eigenvalue weighted by molar-refractivity contribution is -0.136. The molecule has 0 aromatic heterocycles. The van der Waals surface area contributed by atoms with E-state index in [1.165, 1.54) is 11.0 Å². The SMILES string of the molecule is O=C1C(P(=O)(O)O)CC[C@H]2CC[C@@H](c3ccc(F)c(F)c3)N12. The van der Waals surface area contributed by atoms with Gasteiger partial charge in [0.2, 0.25) is 5.91 Å². The van der Waals surface area contributed by atoms with Gasteiger partial charge >= 0.3 is 7.60 Å². The van der Waals surface area contributed by atoms with E-state index < -0.39 is 36.8 Å². The molecule has 8 heteroatoms. The van der Waals surface area contributed by atoms with Crippen molar-refractivity contribution in [1.29, 1.82) is 0 Å². The number of rotatable bonds is 2. The smallest absolute Gasteiger partial charge is 0.332 e. The lowest BCUT2D eigenvalue weighted by atomic mass is 10.0. The Morgan fingerprint density at radius 1 is 1.09 bits per heavy atom. The number of carbonyl (C=O) groups excluding carboxylic acids is 1. The molecule has 3 atom stereocenters. The maximum Gasteiger partial charge on any atom is 0.337 e. The van der Waals surface area contributed by atoms with Crippen molar-refractivity contribution in [2.24, 2.45) is 0 Å².